The summed E-state index contributed by atoms with van der Waals surface area (Å²) in [5, 5.41) is 2.79. The lowest BCUT2D eigenvalue weighted by atomic mass is 10.1. The zero-order valence-corrected chi connectivity index (χ0v) is 12.2. The summed E-state index contributed by atoms with van der Waals surface area (Å²) in [5.74, 6) is 0.251. The van der Waals surface area contributed by atoms with Crippen LogP contribution < -0.4 is 10.1 Å². The van der Waals surface area contributed by atoms with E-state index in [1.165, 1.54) is 0 Å². The van der Waals surface area contributed by atoms with Crippen LogP contribution in [0.25, 0.3) is 0 Å². The fourth-order valence-corrected chi connectivity index (χ4v) is 2.44. The van der Waals surface area contributed by atoms with E-state index >= 15 is 0 Å². The largest absolute Gasteiger partial charge is 0.489 e. The van der Waals surface area contributed by atoms with Crippen LogP contribution in [-0.2, 0) is 4.79 Å². The van der Waals surface area contributed by atoms with Crippen molar-refractivity contribution in [1.29, 1.82) is 0 Å². The van der Waals surface area contributed by atoms with Crippen LogP contribution in [-0.4, -0.2) is 42.5 Å². The van der Waals surface area contributed by atoms with Crippen LogP contribution in [0.2, 0.25) is 0 Å². The van der Waals surface area contributed by atoms with Gasteiger partial charge in [-0.3, -0.25) is 9.59 Å². The van der Waals surface area contributed by atoms with E-state index in [0.29, 0.717) is 37.4 Å². The monoisotopic (exact) mass is 288 g/mol. The smallest absolute Gasteiger partial charge is 0.258 e. The Morgan fingerprint density at radius 2 is 2.29 bits per heavy atom. The van der Waals surface area contributed by atoms with E-state index in [4.69, 9.17) is 4.74 Å². The average molecular weight is 288 g/mol. The number of ether oxygens (including phenoxy) is 1. The summed E-state index contributed by atoms with van der Waals surface area (Å²) in [4.78, 5) is 26.2. The summed E-state index contributed by atoms with van der Waals surface area (Å²) in [6.45, 7) is 6.83. The molecule has 1 aromatic rings. The molecular weight excluding hydrogens is 268 g/mol. The topological polar surface area (TPSA) is 58.6 Å². The van der Waals surface area contributed by atoms with Crippen molar-refractivity contribution in [2.45, 2.75) is 19.4 Å². The quantitative estimate of drug-likeness (QED) is 0.837. The number of carbonyl (C=O) groups is 2. The second-order valence-electron chi connectivity index (χ2n) is 4.81. The van der Waals surface area contributed by atoms with Crippen molar-refractivity contribution in [3.8, 4) is 5.75 Å². The normalized spacial score (nSPS) is 18.0. The molecule has 21 heavy (non-hydrogen) atoms. The second-order valence-corrected chi connectivity index (χ2v) is 4.81. The molecule has 112 valence electrons. The average Bonchev–Trinajstić information content (AvgIpc) is 2.52. The number of carbonyl (C=O) groups excluding carboxylic acids is 2. The van der Waals surface area contributed by atoms with Crippen LogP contribution in [0, 0.1) is 0 Å². The zero-order valence-electron chi connectivity index (χ0n) is 12.2. The first kappa shape index (κ1) is 15.1. The third-order valence-corrected chi connectivity index (χ3v) is 3.45. The Labute approximate surface area is 124 Å². The summed E-state index contributed by atoms with van der Waals surface area (Å²) in [6, 6.07) is 6.66. The molecule has 0 saturated carbocycles. The van der Waals surface area contributed by atoms with E-state index in [2.05, 4.69) is 11.9 Å². The van der Waals surface area contributed by atoms with Gasteiger partial charge in [0.1, 0.15) is 18.4 Å². The van der Waals surface area contributed by atoms with E-state index in [0.717, 1.165) is 0 Å². The molecule has 0 aromatic heterocycles. The van der Waals surface area contributed by atoms with Gasteiger partial charge in [-0.05, 0) is 18.6 Å². The molecule has 5 nitrogen and oxygen atoms in total. The van der Waals surface area contributed by atoms with Crippen molar-refractivity contribution in [3.63, 3.8) is 0 Å². The molecule has 2 rings (SSSR count). The fraction of sp³-hybridized carbons (Fsp3) is 0.375. The Bertz CT molecular complexity index is 542. The van der Waals surface area contributed by atoms with Crippen LogP contribution in [0.3, 0.4) is 0 Å². The minimum absolute atomic E-state index is 0.0957. The highest BCUT2D eigenvalue weighted by atomic mass is 16.5. The molecule has 0 spiro atoms. The van der Waals surface area contributed by atoms with Gasteiger partial charge in [-0.15, -0.1) is 0 Å². The first-order valence-electron chi connectivity index (χ1n) is 7.10. The molecule has 0 radical (unpaired) electrons. The molecule has 5 heteroatoms. The second kappa shape index (κ2) is 6.92. The molecule has 2 amide bonds. The lowest BCUT2D eigenvalue weighted by Gasteiger charge is -2.34. The molecular formula is C16H20N2O3. The van der Waals surface area contributed by atoms with Crippen molar-refractivity contribution >= 4 is 11.8 Å². The number of hydrogen-bond donors (Lipinski definition) is 1. The lowest BCUT2D eigenvalue weighted by molar-refractivity contribution is -0.127. The third kappa shape index (κ3) is 3.24. The predicted octanol–water partition coefficient (Wildman–Crippen LogP) is 1.60. The number of piperazine rings is 1. The Kier molecular flexibility index (Phi) is 4.98. The Morgan fingerprint density at radius 1 is 1.52 bits per heavy atom. The number of rotatable bonds is 5. The van der Waals surface area contributed by atoms with Gasteiger partial charge in [0.15, 0.2) is 0 Å². The molecule has 1 heterocycles. The lowest BCUT2D eigenvalue weighted by Crippen LogP contribution is -2.56. The maximum atomic E-state index is 12.7. The molecule has 1 saturated heterocycles. The van der Waals surface area contributed by atoms with Gasteiger partial charge >= 0.3 is 0 Å². The van der Waals surface area contributed by atoms with Gasteiger partial charge < -0.3 is 15.0 Å². The van der Waals surface area contributed by atoms with Crippen LogP contribution in [0.15, 0.2) is 36.9 Å². The number of benzene rings is 1. The van der Waals surface area contributed by atoms with Gasteiger partial charge in [0.05, 0.1) is 5.56 Å². The highest BCUT2D eigenvalue weighted by Crippen LogP contribution is 2.22. The SMILES string of the molecule is C=CCOc1ccccc1C(=O)N1CCNC(=O)C1CC. The number of para-hydroxylation sites is 1. The third-order valence-electron chi connectivity index (χ3n) is 3.45. The van der Waals surface area contributed by atoms with Crippen LogP contribution in [0.1, 0.15) is 23.7 Å². The van der Waals surface area contributed by atoms with Gasteiger partial charge in [-0.1, -0.05) is 31.7 Å². The molecule has 1 aromatic carbocycles. The van der Waals surface area contributed by atoms with Crippen LogP contribution >= 0.6 is 0 Å². The minimum Gasteiger partial charge on any atom is -0.489 e. The van der Waals surface area contributed by atoms with Gasteiger partial charge in [0.2, 0.25) is 5.91 Å². The van der Waals surface area contributed by atoms with E-state index in [1.54, 1.807) is 29.2 Å². The van der Waals surface area contributed by atoms with E-state index in [1.807, 2.05) is 13.0 Å². The van der Waals surface area contributed by atoms with Crippen molar-refractivity contribution in [2.24, 2.45) is 0 Å². The van der Waals surface area contributed by atoms with Crippen molar-refractivity contribution in [3.05, 3.63) is 42.5 Å². The van der Waals surface area contributed by atoms with E-state index < -0.39 is 6.04 Å². The Hall–Kier alpha value is -2.30. The molecule has 1 atom stereocenters. The zero-order chi connectivity index (χ0) is 15.2. The predicted molar refractivity (Wildman–Crippen MR) is 80.3 cm³/mol. The maximum Gasteiger partial charge on any atom is 0.258 e. The van der Waals surface area contributed by atoms with E-state index in [9.17, 15) is 9.59 Å². The van der Waals surface area contributed by atoms with Crippen molar-refractivity contribution < 1.29 is 14.3 Å². The molecule has 0 aliphatic carbocycles. The molecule has 0 bridgehead atoms. The van der Waals surface area contributed by atoms with Gasteiger partial charge in [-0.25, -0.2) is 0 Å². The number of amides is 2. The molecule has 1 aliphatic heterocycles. The Balaban J connectivity index is 2.26. The van der Waals surface area contributed by atoms with Crippen molar-refractivity contribution in [2.75, 3.05) is 19.7 Å². The summed E-state index contributed by atoms with van der Waals surface area (Å²) in [7, 11) is 0. The number of nitrogens with zero attached hydrogens (tertiary/aromatic N) is 1. The van der Waals surface area contributed by atoms with Crippen LogP contribution in [0.4, 0.5) is 0 Å². The van der Waals surface area contributed by atoms with Crippen molar-refractivity contribution in [1.82, 2.24) is 10.2 Å². The summed E-state index contributed by atoms with van der Waals surface area (Å²) < 4.78 is 5.53. The molecule has 1 aliphatic rings. The van der Waals surface area contributed by atoms with Gasteiger partial charge in [0, 0.05) is 13.1 Å². The Morgan fingerprint density at radius 3 is 3.00 bits per heavy atom. The highest BCUT2D eigenvalue weighted by Gasteiger charge is 2.33. The highest BCUT2D eigenvalue weighted by molar-refractivity contribution is 6.00. The van der Waals surface area contributed by atoms with Gasteiger partial charge in [0.25, 0.3) is 5.91 Å². The maximum absolute atomic E-state index is 12.7. The van der Waals surface area contributed by atoms with Gasteiger partial charge in [-0.2, -0.15) is 0 Å². The summed E-state index contributed by atoms with van der Waals surface area (Å²) in [6.07, 6.45) is 2.22. The summed E-state index contributed by atoms with van der Waals surface area (Å²) >= 11 is 0. The van der Waals surface area contributed by atoms with Crippen LogP contribution in [0.5, 0.6) is 5.75 Å². The number of nitrogens with one attached hydrogen (secondary N) is 1. The number of hydrogen-bond acceptors (Lipinski definition) is 3. The fourth-order valence-electron chi connectivity index (χ4n) is 2.44. The molecule has 1 N–H and O–H groups in total. The summed E-state index contributed by atoms with van der Waals surface area (Å²) in [5.41, 5.74) is 0.479. The standard InChI is InChI=1S/C16H20N2O3/c1-3-11-21-14-8-6-5-7-12(14)16(20)18-10-9-17-15(19)13(18)4-2/h3,5-8,13H,1,4,9-11H2,2H3,(H,17,19). The van der Waals surface area contributed by atoms with E-state index in [-0.39, 0.29) is 11.8 Å². The molecule has 1 fully saturated rings. The minimum atomic E-state index is -0.418. The molecule has 1 unspecified atom stereocenters. The first-order valence-corrected chi connectivity index (χ1v) is 7.10. The first-order chi connectivity index (χ1) is 10.2.